The van der Waals surface area contributed by atoms with E-state index in [0.29, 0.717) is 12.2 Å². The summed E-state index contributed by atoms with van der Waals surface area (Å²) in [6, 6.07) is 14.4. The summed E-state index contributed by atoms with van der Waals surface area (Å²) in [5, 5.41) is 19.0. The lowest BCUT2D eigenvalue weighted by molar-refractivity contribution is -0.195. The van der Waals surface area contributed by atoms with E-state index in [1.165, 1.54) is 0 Å². The predicted molar refractivity (Wildman–Crippen MR) is 108 cm³/mol. The first-order valence-electron chi connectivity index (χ1n) is 9.66. The number of aliphatic hydroxyl groups is 1. The van der Waals surface area contributed by atoms with Crippen LogP contribution >= 0.6 is 0 Å². The smallest absolute Gasteiger partial charge is 0.333 e. The van der Waals surface area contributed by atoms with Crippen LogP contribution in [0.3, 0.4) is 0 Å². The monoisotopic (exact) mass is 407 g/mol. The van der Waals surface area contributed by atoms with Gasteiger partial charge >= 0.3 is 5.97 Å². The van der Waals surface area contributed by atoms with Crippen molar-refractivity contribution in [2.45, 2.75) is 43.8 Å². The lowest BCUT2D eigenvalue weighted by atomic mass is 9.93. The van der Waals surface area contributed by atoms with E-state index in [4.69, 9.17) is 21.0 Å². The summed E-state index contributed by atoms with van der Waals surface area (Å²) in [6.45, 7) is 0. The molecule has 0 spiro atoms. The summed E-state index contributed by atoms with van der Waals surface area (Å²) in [7, 11) is 0. The van der Waals surface area contributed by atoms with E-state index in [2.05, 4.69) is 5.92 Å². The number of benzene rings is 2. The summed E-state index contributed by atoms with van der Waals surface area (Å²) >= 11 is 0. The number of hydrogen-bond acceptors (Lipinski definition) is 5. The van der Waals surface area contributed by atoms with Gasteiger partial charge in [-0.1, -0.05) is 18.1 Å². The van der Waals surface area contributed by atoms with Gasteiger partial charge in [0.15, 0.2) is 6.10 Å². The first kappa shape index (κ1) is 20.0. The van der Waals surface area contributed by atoms with Crippen molar-refractivity contribution in [1.82, 2.24) is 0 Å². The molecular weight excluding hydrogens is 386 g/mol. The summed E-state index contributed by atoms with van der Waals surface area (Å²) in [5.74, 6) is 1.97. The second-order valence-corrected chi connectivity index (χ2v) is 7.38. The molecule has 2 saturated heterocycles. The van der Waals surface area contributed by atoms with Crippen LogP contribution in [-0.4, -0.2) is 40.6 Å². The Morgan fingerprint density at radius 1 is 1.13 bits per heavy atom. The van der Waals surface area contributed by atoms with Crippen LogP contribution in [0, 0.1) is 12.3 Å². The third-order valence-corrected chi connectivity index (χ3v) is 5.34. The Kier molecular flexibility index (Phi) is 5.44. The Balaban J connectivity index is 1.43. The van der Waals surface area contributed by atoms with Gasteiger partial charge in [0, 0.05) is 24.1 Å². The highest BCUT2D eigenvalue weighted by atomic mass is 16.7. The topological polar surface area (TPSA) is 96.3 Å². The summed E-state index contributed by atoms with van der Waals surface area (Å²) in [6.07, 6.45) is 3.32. The number of aliphatic carboxylic acids is 1. The minimum Gasteiger partial charge on any atom is -0.479 e. The molecule has 2 aromatic rings. The van der Waals surface area contributed by atoms with Crippen LogP contribution in [-0.2, 0) is 14.3 Å². The molecule has 4 rings (SSSR count). The third-order valence-electron chi connectivity index (χ3n) is 5.34. The van der Waals surface area contributed by atoms with E-state index >= 15 is 0 Å². The Morgan fingerprint density at radius 3 is 2.43 bits per heavy atom. The van der Waals surface area contributed by atoms with Crippen molar-refractivity contribution in [3.05, 3.63) is 59.7 Å². The maximum atomic E-state index is 12.2. The average molecular weight is 407 g/mol. The maximum Gasteiger partial charge on any atom is 0.333 e. The fraction of sp³-hybridized carbons (Fsp3) is 0.304. The van der Waals surface area contributed by atoms with E-state index in [9.17, 15) is 14.7 Å². The highest BCUT2D eigenvalue weighted by Gasteiger charge is 2.38. The summed E-state index contributed by atoms with van der Waals surface area (Å²) < 4.78 is 11.1. The first-order chi connectivity index (χ1) is 14.4. The zero-order valence-electron chi connectivity index (χ0n) is 16.1. The Labute approximate surface area is 173 Å². The van der Waals surface area contributed by atoms with Crippen molar-refractivity contribution >= 4 is 17.6 Å². The number of amides is 1. The van der Waals surface area contributed by atoms with Crippen LogP contribution < -0.4 is 9.64 Å². The molecule has 2 fully saturated rings. The van der Waals surface area contributed by atoms with E-state index < -0.39 is 24.5 Å². The van der Waals surface area contributed by atoms with Crippen molar-refractivity contribution in [2.75, 3.05) is 4.90 Å². The number of β-lactam (4-membered cyclic amide) rings is 1. The van der Waals surface area contributed by atoms with Crippen molar-refractivity contribution in [2.24, 2.45) is 0 Å². The molecule has 1 unspecified atom stereocenters. The minimum atomic E-state index is -1.12. The van der Waals surface area contributed by atoms with Gasteiger partial charge in [0.1, 0.15) is 5.75 Å². The standard InChI is InChI=1S/C23H21NO6/c1-2-14-3-7-16(8-4-14)24-19(13-21(24)26)15-5-9-18(10-6-15)29-22-12-17(25)11-20(30-22)23(27)28/h1,3-10,17,19-20,22,25H,11-13H2,(H,27,28)/t17?,19-,20-,22+/m0/s1. The largest absolute Gasteiger partial charge is 0.479 e. The fourth-order valence-corrected chi connectivity index (χ4v) is 3.74. The van der Waals surface area contributed by atoms with Crippen LogP contribution in [0.2, 0.25) is 0 Å². The Morgan fingerprint density at radius 2 is 1.83 bits per heavy atom. The molecule has 0 aliphatic carbocycles. The highest BCUT2D eigenvalue weighted by molar-refractivity contribution is 6.01. The number of anilines is 1. The molecule has 2 N–H and O–H groups in total. The number of hydrogen-bond donors (Lipinski definition) is 2. The van der Waals surface area contributed by atoms with Gasteiger partial charge in [-0.3, -0.25) is 4.79 Å². The van der Waals surface area contributed by atoms with Crippen molar-refractivity contribution in [3.63, 3.8) is 0 Å². The predicted octanol–water partition coefficient (Wildman–Crippen LogP) is 2.48. The minimum absolute atomic E-state index is 0.0399. The molecule has 2 aliphatic heterocycles. The molecule has 0 radical (unpaired) electrons. The van der Waals surface area contributed by atoms with Gasteiger partial charge in [-0.2, -0.15) is 0 Å². The van der Waals surface area contributed by atoms with Gasteiger partial charge in [-0.15, -0.1) is 6.42 Å². The zero-order valence-corrected chi connectivity index (χ0v) is 16.1. The molecule has 0 aromatic heterocycles. The molecule has 2 heterocycles. The SMILES string of the molecule is C#Cc1ccc(N2C(=O)C[C@H]2c2ccc(O[C@H]3CC(O)C[C@@H](C(=O)O)O3)cc2)cc1. The van der Waals surface area contributed by atoms with Crippen LogP contribution in [0.1, 0.15) is 36.4 Å². The van der Waals surface area contributed by atoms with E-state index in [-0.39, 0.29) is 24.8 Å². The summed E-state index contributed by atoms with van der Waals surface area (Å²) in [4.78, 5) is 25.1. The number of nitrogens with zero attached hydrogens (tertiary/aromatic N) is 1. The molecule has 0 bridgehead atoms. The second-order valence-electron chi connectivity index (χ2n) is 7.38. The first-order valence-corrected chi connectivity index (χ1v) is 9.66. The molecule has 0 saturated carbocycles. The highest BCUT2D eigenvalue weighted by Crippen LogP contribution is 2.39. The van der Waals surface area contributed by atoms with Crippen molar-refractivity contribution < 1.29 is 29.3 Å². The van der Waals surface area contributed by atoms with Gasteiger partial charge in [0.05, 0.1) is 18.6 Å². The van der Waals surface area contributed by atoms with Crippen LogP contribution in [0.5, 0.6) is 5.75 Å². The Bertz CT molecular complexity index is 978. The lowest BCUT2D eigenvalue weighted by Crippen LogP contribution is -2.46. The number of aliphatic hydroxyl groups excluding tert-OH is 1. The van der Waals surface area contributed by atoms with E-state index in [0.717, 1.165) is 16.8 Å². The molecule has 30 heavy (non-hydrogen) atoms. The molecule has 2 aliphatic rings. The quantitative estimate of drug-likeness (QED) is 0.584. The number of terminal acetylenes is 1. The lowest BCUT2D eigenvalue weighted by Gasteiger charge is -2.41. The number of ether oxygens (including phenoxy) is 2. The molecule has 2 aromatic carbocycles. The van der Waals surface area contributed by atoms with Gasteiger partial charge < -0.3 is 24.6 Å². The van der Waals surface area contributed by atoms with Crippen LogP contribution in [0.15, 0.2) is 48.5 Å². The maximum absolute atomic E-state index is 12.2. The molecule has 4 atom stereocenters. The molecule has 1 amide bonds. The third kappa shape index (κ3) is 4.01. The van der Waals surface area contributed by atoms with Crippen LogP contribution in [0.25, 0.3) is 0 Å². The van der Waals surface area contributed by atoms with Gasteiger partial charge in [0.25, 0.3) is 0 Å². The van der Waals surface area contributed by atoms with E-state index in [1.54, 1.807) is 29.2 Å². The number of carbonyl (C=O) groups is 2. The van der Waals surface area contributed by atoms with Gasteiger partial charge in [0.2, 0.25) is 12.2 Å². The molecule has 7 nitrogen and oxygen atoms in total. The Hall–Kier alpha value is -3.34. The number of carboxylic acid groups (broad SMARTS) is 1. The number of carbonyl (C=O) groups excluding carboxylic acids is 1. The fourth-order valence-electron chi connectivity index (χ4n) is 3.74. The van der Waals surface area contributed by atoms with Gasteiger partial charge in [-0.05, 0) is 42.0 Å². The van der Waals surface area contributed by atoms with Crippen LogP contribution in [0.4, 0.5) is 5.69 Å². The molecular formula is C23H21NO6. The zero-order chi connectivity index (χ0) is 21.3. The number of carboxylic acids is 1. The second kappa shape index (κ2) is 8.19. The summed E-state index contributed by atoms with van der Waals surface area (Å²) in [5.41, 5.74) is 2.50. The number of rotatable bonds is 5. The normalized spacial score (nSPS) is 25.9. The molecule has 7 heteroatoms. The molecule has 154 valence electrons. The van der Waals surface area contributed by atoms with Crippen molar-refractivity contribution in [3.8, 4) is 18.1 Å². The average Bonchev–Trinajstić information content (AvgIpc) is 2.73. The van der Waals surface area contributed by atoms with Crippen molar-refractivity contribution in [1.29, 1.82) is 0 Å². The van der Waals surface area contributed by atoms with E-state index in [1.807, 2.05) is 24.3 Å². The van der Waals surface area contributed by atoms with Gasteiger partial charge in [-0.25, -0.2) is 4.79 Å².